The van der Waals surface area contributed by atoms with Crippen molar-refractivity contribution in [2.24, 2.45) is 0 Å². The maximum atomic E-state index is 10.7. The molecule has 2 rings (SSSR count). The van der Waals surface area contributed by atoms with Crippen LogP contribution in [-0.2, 0) is 6.54 Å². The molecule has 1 aromatic carbocycles. The average Bonchev–Trinajstić information content (AvgIpc) is 2.68. The van der Waals surface area contributed by atoms with Gasteiger partial charge in [-0.05, 0) is 18.2 Å². The second kappa shape index (κ2) is 4.03. The molecule has 5 heteroatoms. The van der Waals surface area contributed by atoms with Crippen LogP contribution in [0, 0.1) is 11.3 Å². The molecule has 0 aliphatic rings. The maximum Gasteiger partial charge on any atom is 0.335 e. The van der Waals surface area contributed by atoms with E-state index >= 15 is 0 Å². The summed E-state index contributed by atoms with van der Waals surface area (Å²) >= 11 is 0. The lowest BCUT2D eigenvalue weighted by Crippen LogP contribution is -1.97. The first-order chi connectivity index (χ1) is 7.72. The summed E-state index contributed by atoms with van der Waals surface area (Å²) in [6.45, 7) is 0.569. The van der Waals surface area contributed by atoms with Gasteiger partial charge in [-0.1, -0.05) is 0 Å². The van der Waals surface area contributed by atoms with E-state index in [4.69, 9.17) is 10.4 Å². The third-order valence-corrected chi connectivity index (χ3v) is 2.33. The highest BCUT2D eigenvalue weighted by Crippen LogP contribution is 2.15. The Morgan fingerprint density at radius 3 is 3.06 bits per heavy atom. The number of hydrogen-bond acceptors (Lipinski definition) is 3. The number of rotatable bonds is 3. The molecule has 1 aromatic heterocycles. The van der Waals surface area contributed by atoms with Crippen molar-refractivity contribution in [2.45, 2.75) is 13.0 Å². The normalized spacial score (nSPS) is 10.2. The van der Waals surface area contributed by atoms with Crippen molar-refractivity contribution in [1.82, 2.24) is 9.55 Å². The van der Waals surface area contributed by atoms with E-state index in [1.54, 1.807) is 12.4 Å². The number of imidazole rings is 1. The van der Waals surface area contributed by atoms with Gasteiger partial charge in [0.25, 0.3) is 0 Å². The van der Waals surface area contributed by atoms with Crippen LogP contribution in [-0.4, -0.2) is 20.6 Å². The number of nitriles is 1. The van der Waals surface area contributed by atoms with Gasteiger partial charge in [-0.15, -0.1) is 0 Å². The summed E-state index contributed by atoms with van der Waals surface area (Å²) < 4.78 is 1.84. The quantitative estimate of drug-likeness (QED) is 0.844. The molecule has 16 heavy (non-hydrogen) atoms. The van der Waals surface area contributed by atoms with Crippen molar-refractivity contribution in [2.75, 3.05) is 0 Å². The molecule has 0 unspecified atom stereocenters. The number of aromatic nitrogens is 2. The van der Waals surface area contributed by atoms with Crippen molar-refractivity contribution >= 4 is 17.0 Å². The van der Waals surface area contributed by atoms with Crippen LogP contribution in [0.2, 0.25) is 0 Å². The molecule has 0 radical (unpaired) electrons. The van der Waals surface area contributed by atoms with Crippen LogP contribution >= 0.6 is 0 Å². The van der Waals surface area contributed by atoms with E-state index in [-0.39, 0.29) is 5.56 Å². The van der Waals surface area contributed by atoms with Gasteiger partial charge >= 0.3 is 5.97 Å². The number of benzene rings is 1. The number of fused-ring (bicyclic) bond motifs is 1. The molecule has 1 N–H and O–H groups in total. The Bertz CT molecular complexity index is 580. The molecule has 0 amide bonds. The summed E-state index contributed by atoms with van der Waals surface area (Å²) in [5, 5.41) is 17.3. The number of carboxylic acid groups (broad SMARTS) is 1. The molecule has 0 fully saturated rings. The molecule has 2 aromatic rings. The van der Waals surface area contributed by atoms with E-state index in [0.29, 0.717) is 18.5 Å². The van der Waals surface area contributed by atoms with Crippen LogP contribution in [0.4, 0.5) is 0 Å². The number of nitrogens with zero attached hydrogens (tertiary/aromatic N) is 3. The van der Waals surface area contributed by atoms with Crippen LogP contribution in [0.15, 0.2) is 24.5 Å². The van der Waals surface area contributed by atoms with Gasteiger partial charge in [0.1, 0.15) is 0 Å². The Labute approximate surface area is 91.6 Å². The molecule has 80 valence electrons. The Balaban J connectivity index is 2.43. The first-order valence-corrected chi connectivity index (χ1v) is 4.77. The molecular weight excluding hydrogens is 206 g/mol. The van der Waals surface area contributed by atoms with Gasteiger partial charge in [0.15, 0.2) is 0 Å². The monoisotopic (exact) mass is 215 g/mol. The zero-order valence-electron chi connectivity index (χ0n) is 8.42. The molecular formula is C11H9N3O2. The van der Waals surface area contributed by atoms with Crippen LogP contribution in [0.1, 0.15) is 16.8 Å². The zero-order chi connectivity index (χ0) is 11.5. The average molecular weight is 215 g/mol. The van der Waals surface area contributed by atoms with E-state index in [1.807, 2.05) is 4.57 Å². The summed E-state index contributed by atoms with van der Waals surface area (Å²) in [4.78, 5) is 14.9. The number of hydrogen-bond donors (Lipinski definition) is 1. The fourth-order valence-corrected chi connectivity index (χ4v) is 1.55. The molecule has 0 aliphatic heterocycles. The van der Waals surface area contributed by atoms with Gasteiger partial charge < -0.3 is 9.67 Å². The van der Waals surface area contributed by atoms with Crippen molar-refractivity contribution in [3.63, 3.8) is 0 Å². The fraction of sp³-hybridized carbons (Fsp3) is 0.182. The lowest BCUT2D eigenvalue weighted by molar-refractivity contribution is 0.0697. The van der Waals surface area contributed by atoms with Crippen LogP contribution in [0.5, 0.6) is 0 Å². The van der Waals surface area contributed by atoms with Gasteiger partial charge in [-0.3, -0.25) is 0 Å². The summed E-state index contributed by atoms with van der Waals surface area (Å²) in [5.74, 6) is -0.964. The van der Waals surface area contributed by atoms with Crippen LogP contribution < -0.4 is 0 Å². The van der Waals surface area contributed by atoms with Gasteiger partial charge in [0, 0.05) is 6.54 Å². The largest absolute Gasteiger partial charge is 0.478 e. The lowest BCUT2D eigenvalue weighted by Gasteiger charge is -2.00. The molecule has 0 spiro atoms. The highest BCUT2D eigenvalue weighted by atomic mass is 16.4. The van der Waals surface area contributed by atoms with E-state index in [0.717, 1.165) is 5.52 Å². The van der Waals surface area contributed by atoms with Crippen LogP contribution in [0.25, 0.3) is 11.0 Å². The van der Waals surface area contributed by atoms with E-state index in [2.05, 4.69) is 11.1 Å². The molecule has 0 saturated heterocycles. The van der Waals surface area contributed by atoms with Gasteiger partial charge in [0.2, 0.25) is 0 Å². The second-order valence-corrected chi connectivity index (χ2v) is 3.35. The second-order valence-electron chi connectivity index (χ2n) is 3.35. The van der Waals surface area contributed by atoms with Crippen LogP contribution in [0.3, 0.4) is 0 Å². The predicted octanol–water partition coefficient (Wildman–Crippen LogP) is 1.65. The first-order valence-electron chi connectivity index (χ1n) is 4.77. The van der Waals surface area contributed by atoms with Crippen molar-refractivity contribution in [1.29, 1.82) is 5.26 Å². The summed E-state index contributed by atoms with van der Waals surface area (Å²) in [6, 6.07) is 6.83. The smallest absolute Gasteiger partial charge is 0.335 e. The number of carboxylic acids is 1. The first kappa shape index (κ1) is 10.2. The third kappa shape index (κ3) is 1.73. The minimum Gasteiger partial charge on any atom is -0.478 e. The summed E-state index contributed by atoms with van der Waals surface area (Å²) in [5.41, 5.74) is 1.70. The topological polar surface area (TPSA) is 78.9 Å². The number of aromatic carboxylic acids is 1. The molecule has 5 nitrogen and oxygen atoms in total. The third-order valence-electron chi connectivity index (χ3n) is 2.33. The molecule has 0 bridgehead atoms. The number of aryl methyl sites for hydroxylation is 1. The van der Waals surface area contributed by atoms with Gasteiger partial charge in [0.05, 0.1) is 35.4 Å². The standard InChI is InChI=1S/C11H9N3O2/c12-4-1-5-14-7-13-9-6-8(11(15)16)2-3-10(9)14/h2-3,6-7H,1,5H2,(H,15,16). The van der Waals surface area contributed by atoms with E-state index in [1.165, 1.54) is 12.1 Å². The molecule has 0 aliphatic carbocycles. The lowest BCUT2D eigenvalue weighted by atomic mass is 10.2. The molecule has 0 atom stereocenters. The molecule has 0 saturated carbocycles. The summed E-state index contributed by atoms with van der Waals surface area (Å²) in [7, 11) is 0. The maximum absolute atomic E-state index is 10.7. The minimum atomic E-state index is -0.964. The Morgan fingerprint density at radius 2 is 2.38 bits per heavy atom. The SMILES string of the molecule is N#CCCn1cnc2cc(C(=O)O)ccc21. The van der Waals surface area contributed by atoms with Crippen molar-refractivity contribution in [3.05, 3.63) is 30.1 Å². The highest BCUT2D eigenvalue weighted by molar-refractivity contribution is 5.92. The van der Waals surface area contributed by atoms with Gasteiger partial charge in [-0.2, -0.15) is 5.26 Å². The van der Waals surface area contributed by atoms with E-state index in [9.17, 15) is 4.79 Å². The zero-order valence-corrected chi connectivity index (χ0v) is 8.42. The number of carbonyl (C=O) groups is 1. The summed E-state index contributed by atoms with van der Waals surface area (Å²) in [6.07, 6.45) is 2.03. The minimum absolute atomic E-state index is 0.220. The van der Waals surface area contributed by atoms with Crippen molar-refractivity contribution in [3.8, 4) is 6.07 Å². The van der Waals surface area contributed by atoms with E-state index < -0.39 is 5.97 Å². The predicted molar refractivity (Wildman–Crippen MR) is 56.9 cm³/mol. The Kier molecular flexibility index (Phi) is 2.56. The Morgan fingerprint density at radius 1 is 1.56 bits per heavy atom. The molecule has 1 heterocycles. The Hall–Kier alpha value is -2.35. The van der Waals surface area contributed by atoms with Gasteiger partial charge in [-0.25, -0.2) is 9.78 Å². The fourth-order valence-electron chi connectivity index (χ4n) is 1.55. The van der Waals surface area contributed by atoms with Crippen molar-refractivity contribution < 1.29 is 9.90 Å². The highest BCUT2D eigenvalue weighted by Gasteiger charge is 2.07.